The van der Waals surface area contributed by atoms with Gasteiger partial charge in [0.15, 0.2) is 209 Å². The molecule has 15 rings (SSSR count). The standard InChI is InChI=1S/C78H6BBr3F45N3O3/c80-7-1-4-10-16(13(7)22-31(83)49(101)67(119)50(102)32(22)84)19(25-37(89)55(107)70(122)56(108)38(25)90)76(28-43(95)61(113)73(125)62(114)44(28)96)128(10)131-79(132-129-11-5-2-8(81)14(23-33(85)51(103)68(120)52(104)34(23)86)17(11)20(26-39(91)57(109)71(123)58(110)40(26)92)77(129)29-45(97)63(115)74(126)64(116)46(29)98)133-130-12-6-3-9(82)15(24-35(87)53(105)69(121)54(106)36(24)88)18(12)21(27-41(93)59(111)72(124)60(112)42(27)94)78(130)30-47(99)65(117)75(127)66(118)48(30)100/h1-6H. The zero-order valence-electron chi connectivity index (χ0n) is 60.8. The zero-order chi connectivity index (χ0) is 98.2. The van der Waals surface area contributed by atoms with Crippen molar-refractivity contribution in [3.8, 4) is 101 Å². The molecule has 6 nitrogen and oxygen atoms in total. The van der Waals surface area contributed by atoms with Gasteiger partial charge in [-0.3, -0.25) is 0 Å². The van der Waals surface area contributed by atoms with Crippen LogP contribution in [0.5, 0.6) is 0 Å². The Morgan fingerprint density at radius 1 is 0.143 bits per heavy atom. The Morgan fingerprint density at radius 3 is 0.391 bits per heavy atom. The minimum atomic E-state index is -5.39. The van der Waals surface area contributed by atoms with Crippen molar-refractivity contribution in [1.82, 2.24) is 14.2 Å². The third-order valence-corrected chi connectivity index (χ3v) is 21.8. The highest BCUT2D eigenvalue weighted by Gasteiger charge is 2.50. The van der Waals surface area contributed by atoms with Crippen molar-refractivity contribution in [2.75, 3.05) is 0 Å². The highest BCUT2D eigenvalue weighted by molar-refractivity contribution is 9.11. The monoisotopic (exact) mass is 2130 g/mol. The molecule has 0 bridgehead atoms. The molecule has 0 saturated heterocycles. The summed E-state index contributed by atoms with van der Waals surface area (Å²) >= 11 is 7.13. The molecule has 3 aromatic heterocycles. The van der Waals surface area contributed by atoms with Crippen LogP contribution in [0, 0.1) is 262 Å². The maximum absolute atomic E-state index is 17.6. The first kappa shape index (κ1) is 94.7. The van der Waals surface area contributed by atoms with E-state index in [2.05, 4.69) is 47.8 Å². The maximum Gasteiger partial charge on any atom is 0.926 e. The summed E-state index contributed by atoms with van der Waals surface area (Å²) in [7, 11) is -5.39. The van der Waals surface area contributed by atoms with Gasteiger partial charge in [-0.25, -0.2) is 198 Å². The fourth-order valence-electron chi connectivity index (χ4n) is 14.2. The number of aromatic nitrogens is 3. The topological polar surface area (TPSA) is 42.5 Å². The highest BCUT2D eigenvalue weighted by Crippen LogP contribution is 2.58. The molecule has 690 valence electrons. The van der Waals surface area contributed by atoms with Gasteiger partial charge in [-0.15, -0.1) is 0 Å². The molecule has 0 unspecified atom stereocenters. The van der Waals surface area contributed by atoms with Gasteiger partial charge < -0.3 is 14.3 Å². The van der Waals surface area contributed by atoms with Crippen LogP contribution in [0.15, 0.2) is 49.8 Å². The lowest BCUT2D eigenvalue weighted by atomic mass is 9.91. The molecule has 0 aliphatic carbocycles. The number of nitrogens with zero attached hydrogens (tertiary/aromatic N) is 3. The normalized spacial score (nSPS) is 11.9. The van der Waals surface area contributed by atoms with Crippen LogP contribution in [0.3, 0.4) is 0 Å². The average molecular weight is 2140 g/mol. The van der Waals surface area contributed by atoms with Crippen molar-refractivity contribution in [2.45, 2.75) is 0 Å². The second-order valence-corrected chi connectivity index (χ2v) is 29.2. The number of benzene rings is 12. The van der Waals surface area contributed by atoms with Gasteiger partial charge in [0, 0.05) is 63.0 Å². The van der Waals surface area contributed by atoms with Crippen LogP contribution in [0.2, 0.25) is 0 Å². The van der Waals surface area contributed by atoms with Crippen LogP contribution in [0.4, 0.5) is 198 Å². The van der Waals surface area contributed by atoms with Crippen molar-refractivity contribution < 1.29 is 212 Å². The summed E-state index contributed by atoms with van der Waals surface area (Å²) in [6.45, 7) is 0. The molecule has 0 fully saturated rings. The van der Waals surface area contributed by atoms with Crippen molar-refractivity contribution in [1.29, 1.82) is 0 Å². The Labute approximate surface area is 723 Å². The fourth-order valence-corrected chi connectivity index (χ4v) is 15.7. The maximum atomic E-state index is 17.6. The molecule has 3 heterocycles. The van der Waals surface area contributed by atoms with Crippen LogP contribution in [0.25, 0.3) is 133 Å². The Kier molecular flexibility index (Phi) is 23.5. The lowest BCUT2D eigenvalue weighted by Crippen LogP contribution is -2.49. The Morgan fingerprint density at radius 2 is 0.256 bits per heavy atom. The quantitative estimate of drug-likeness (QED) is 0.0445. The van der Waals surface area contributed by atoms with Crippen molar-refractivity contribution in [3.05, 3.63) is 312 Å². The molecule has 0 N–H and O–H groups in total. The minimum Gasteiger partial charge on any atom is -0.395 e. The molecule has 133 heavy (non-hydrogen) atoms. The van der Waals surface area contributed by atoms with Crippen LogP contribution in [0.1, 0.15) is 0 Å². The Balaban J connectivity index is 1.29. The van der Waals surface area contributed by atoms with E-state index >= 15 is 198 Å². The van der Waals surface area contributed by atoms with E-state index in [0.29, 0.717) is 0 Å². The molecule has 0 radical (unpaired) electrons. The molecule has 0 spiro atoms. The number of fused-ring (bicyclic) bond motifs is 3. The smallest absolute Gasteiger partial charge is 0.395 e. The van der Waals surface area contributed by atoms with E-state index in [1.54, 1.807) is 0 Å². The van der Waals surface area contributed by atoms with E-state index in [1.165, 1.54) is 0 Å². The molecule has 0 aliphatic rings. The molecular formula is C78H6BBr3F45N3O3. The highest BCUT2D eigenvalue weighted by atomic mass is 79.9. The number of halogens is 48. The molecule has 55 heteroatoms. The largest absolute Gasteiger partial charge is 0.926 e. The summed E-state index contributed by atoms with van der Waals surface area (Å²) in [5, 5.41) is -7.84. The number of hydrogen-bond acceptors (Lipinski definition) is 3. The molecule has 12 aromatic carbocycles. The summed E-state index contributed by atoms with van der Waals surface area (Å²) in [5.41, 5.74) is -62.5. The number of hydrogen-bond donors (Lipinski definition) is 0. The molecule has 15 aromatic rings. The predicted molar refractivity (Wildman–Crippen MR) is 371 cm³/mol. The first-order valence-electron chi connectivity index (χ1n) is 33.9. The van der Waals surface area contributed by atoms with Crippen LogP contribution in [-0.4, -0.2) is 21.5 Å². The third-order valence-electron chi connectivity index (χ3n) is 19.8. The Bertz CT molecular complexity index is 6890. The predicted octanol–water partition coefficient (Wildman–Crippen LogP) is 27.8. The molecule has 0 atom stereocenters. The molecular weight excluding hydrogens is 2130 g/mol. The summed E-state index contributed by atoms with van der Waals surface area (Å²) in [6.07, 6.45) is 0. The van der Waals surface area contributed by atoms with E-state index in [1.807, 2.05) is 0 Å². The fraction of sp³-hybridized carbons (Fsp3) is 0. The molecule has 0 saturated carbocycles. The van der Waals surface area contributed by atoms with Crippen LogP contribution in [-0.2, 0) is 0 Å². The second kappa shape index (κ2) is 33.0. The number of rotatable bonds is 15. The van der Waals surface area contributed by atoms with Gasteiger partial charge in [0.05, 0.1) is 66.6 Å². The van der Waals surface area contributed by atoms with E-state index < -0.39 is 430 Å². The van der Waals surface area contributed by atoms with Crippen molar-refractivity contribution in [2.24, 2.45) is 0 Å². The van der Waals surface area contributed by atoms with Gasteiger partial charge >= 0.3 is 7.32 Å². The third kappa shape index (κ3) is 13.3. The van der Waals surface area contributed by atoms with Gasteiger partial charge in [0.2, 0.25) is 52.4 Å². The molecule has 0 amide bonds. The zero-order valence-corrected chi connectivity index (χ0v) is 65.5. The average Bonchev–Trinajstić information content (AvgIpc) is 1.55. The van der Waals surface area contributed by atoms with Crippen molar-refractivity contribution >= 4 is 87.8 Å². The molecule has 0 aliphatic heterocycles. The van der Waals surface area contributed by atoms with E-state index in [-0.39, 0.29) is 36.4 Å². The second-order valence-electron chi connectivity index (χ2n) is 26.6. The van der Waals surface area contributed by atoms with Gasteiger partial charge in [-0.1, -0.05) is 47.8 Å². The van der Waals surface area contributed by atoms with Gasteiger partial charge in [0.1, 0.15) is 17.1 Å². The van der Waals surface area contributed by atoms with E-state index in [4.69, 9.17) is 14.3 Å². The van der Waals surface area contributed by atoms with Gasteiger partial charge in [-0.05, 0) is 36.4 Å². The van der Waals surface area contributed by atoms with E-state index in [9.17, 15) is 0 Å². The van der Waals surface area contributed by atoms with Crippen molar-refractivity contribution in [3.63, 3.8) is 0 Å². The van der Waals surface area contributed by atoms with Gasteiger partial charge in [0.25, 0.3) is 0 Å². The van der Waals surface area contributed by atoms with Crippen LogP contribution >= 0.6 is 47.8 Å². The first-order chi connectivity index (χ1) is 62.1. The Hall–Kier alpha value is -13.0. The summed E-state index contributed by atoms with van der Waals surface area (Å²) in [4.78, 5) is 0. The minimum absolute atomic E-state index is 0.150. The summed E-state index contributed by atoms with van der Waals surface area (Å²) in [5.74, 6) is -161. The van der Waals surface area contributed by atoms with Gasteiger partial charge in [-0.2, -0.15) is 14.2 Å². The van der Waals surface area contributed by atoms with Crippen LogP contribution < -0.4 is 14.3 Å². The SMILES string of the molecule is Fc1c(F)c(F)c(-c2c(Br)ccc3c2c(-c2c(F)c(F)c(F)c(F)c2F)c(-c2c(F)c(F)c(F)c(F)c2F)n3OB(On2c(-c3c(F)c(F)c(F)c(F)c3F)c(-c3c(F)c(F)c(F)c(F)c3F)c3c(-c4c(F)c(F)c(F)c(F)c4F)c(Br)ccc32)On2c(-c3c(F)c(F)c(F)c(F)c3F)c(-c3c(F)c(F)c(F)c(F)c3F)c3c(-c4c(F)c(F)c(F)c(F)c4F)c(Br)ccc32)c(F)c1F. The summed E-state index contributed by atoms with van der Waals surface area (Å²) < 4.78 is 749. The lowest BCUT2D eigenvalue weighted by molar-refractivity contribution is 0.0828. The lowest BCUT2D eigenvalue weighted by Gasteiger charge is -2.24. The summed E-state index contributed by atoms with van der Waals surface area (Å²) in [6, 6.07) is -1.46. The first-order valence-corrected chi connectivity index (χ1v) is 36.3. The van der Waals surface area contributed by atoms with E-state index in [0.717, 1.165) is 0 Å².